The summed E-state index contributed by atoms with van der Waals surface area (Å²) in [6, 6.07) is 5.82. The molecule has 76 valence electrons. The van der Waals surface area contributed by atoms with E-state index in [4.69, 9.17) is 5.73 Å². The Labute approximate surface area is 84.9 Å². The van der Waals surface area contributed by atoms with Gasteiger partial charge in [-0.3, -0.25) is 0 Å². The summed E-state index contributed by atoms with van der Waals surface area (Å²) in [4.78, 5) is 6.64. The first-order chi connectivity index (χ1) is 6.66. The highest BCUT2D eigenvalue weighted by Crippen LogP contribution is 2.26. The van der Waals surface area contributed by atoms with Gasteiger partial charge in [-0.05, 0) is 24.0 Å². The van der Waals surface area contributed by atoms with Crippen LogP contribution in [0.3, 0.4) is 0 Å². The van der Waals surface area contributed by atoms with Gasteiger partial charge in [0, 0.05) is 13.1 Å². The first-order valence-corrected chi connectivity index (χ1v) is 5.14. The van der Waals surface area contributed by atoms with E-state index in [1.165, 1.54) is 0 Å². The molecule has 1 aliphatic rings. The molecule has 3 heteroatoms. The van der Waals surface area contributed by atoms with Gasteiger partial charge in [-0.2, -0.15) is 0 Å². The standard InChI is InChI=1S/C11H17N3/c1-8-6-14(7-9(8)2)11-5-3-4-10(12)13-11/h3-5,8-9H,6-7H2,1-2H3,(H2,12,13). The van der Waals surface area contributed by atoms with Gasteiger partial charge in [0.25, 0.3) is 0 Å². The molecule has 2 heterocycles. The quantitative estimate of drug-likeness (QED) is 0.735. The molecule has 0 saturated carbocycles. The van der Waals surface area contributed by atoms with Gasteiger partial charge in [0.05, 0.1) is 0 Å². The maximum absolute atomic E-state index is 5.66. The second kappa shape index (κ2) is 3.48. The lowest BCUT2D eigenvalue weighted by molar-refractivity contribution is 0.494. The Bertz CT molecular complexity index is 314. The number of anilines is 2. The zero-order chi connectivity index (χ0) is 10.1. The Morgan fingerprint density at radius 2 is 1.93 bits per heavy atom. The van der Waals surface area contributed by atoms with E-state index in [9.17, 15) is 0 Å². The summed E-state index contributed by atoms with van der Waals surface area (Å²) in [5.74, 6) is 3.12. The number of hydrogen-bond acceptors (Lipinski definition) is 3. The molecular weight excluding hydrogens is 174 g/mol. The lowest BCUT2D eigenvalue weighted by Gasteiger charge is -2.16. The van der Waals surface area contributed by atoms with Crippen molar-refractivity contribution in [2.75, 3.05) is 23.7 Å². The first kappa shape index (κ1) is 9.31. The Balaban J connectivity index is 2.17. The van der Waals surface area contributed by atoms with Crippen molar-refractivity contribution < 1.29 is 0 Å². The zero-order valence-corrected chi connectivity index (χ0v) is 8.77. The Morgan fingerprint density at radius 3 is 2.50 bits per heavy atom. The monoisotopic (exact) mass is 191 g/mol. The number of rotatable bonds is 1. The number of nitrogens with two attached hydrogens (primary N) is 1. The summed E-state index contributed by atoms with van der Waals surface area (Å²) < 4.78 is 0. The number of nitrogen functional groups attached to an aromatic ring is 1. The first-order valence-electron chi connectivity index (χ1n) is 5.14. The van der Waals surface area contributed by atoms with Crippen molar-refractivity contribution in [1.29, 1.82) is 0 Å². The highest BCUT2D eigenvalue weighted by molar-refractivity contribution is 5.45. The topological polar surface area (TPSA) is 42.1 Å². The van der Waals surface area contributed by atoms with E-state index < -0.39 is 0 Å². The lowest BCUT2D eigenvalue weighted by Crippen LogP contribution is -2.20. The smallest absolute Gasteiger partial charge is 0.130 e. The molecule has 1 aliphatic heterocycles. The molecule has 14 heavy (non-hydrogen) atoms. The minimum Gasteiger partial charge on any atom is -0.384 e. The summed E-state index contributed by atoms with van der Waals surface area (Å²) >= 11 is 0. The van der Waals surface area contributed by atoms with Crippen LogP contribution in [0.1, 0.15) is 13.8 Å². The fraction of sp³-hybridized carbons (Fsp3) is 0.545. The van der Waals surface area contributed by atoms with Crippen molar-refractivity contribution in [3.63, 3.8) is 0 Å². The van der Waals surface area contributed by atoms with Crippen LogP contribution in [0.15, 0.2) is 18.2 Å². The van der Waals surface area contributed by atoms with E-state index in [0.717, 1.165) is 30.7 Å². The van der Waals surface area contributed by atoms with Crippen LogP contribution in [0, 0.1) is 11.8 Å². The van der Waals surface area contributed by atoms with Gasteiger partial charge in [-0.15, -0.1) is 0 Å². The second-order valence-corrected chi connectivity index (χ2v) is 4.28. The van der Waals surface area contributed by atoms with Crippen molar-refractivity contribution in [1.82, 2.24) is 4.98 Å². The van der Waals surface area contributed by atoms with Gasteiger partial charge in [0.1, 0.15) is 11.6 Å². The molecule has 0 spiro atoms. The van der Waals surface area contributed by atoms with Crippen LogP contribution in [0.25, 0.3) is 0 Å². The largest absolute Gasteiger partial charge is 0.384 e. The van der Waals surface area contributed by atoms with E-state index in [0.29, 0.717) is 5.82 Å². The predicted octanol–water partition coefficient (Wildman–Crippen LogP) is 1.76. The molecule has 1 fully saturated rings. The predicted molar refractivity (Wildman–Crippen MR) is 59.2 cm³/mol. The molecule has 0 amide bonds. The number of aromatic nitrogens is 1. The van der Waals surface area contributed by atoms with Crippen molar-refractivity contribution >= 4 is 11.6 Å². The average molecular weight is 191 g/mol. The fourth-order valence-corrected chi connectivity index (χ4v) is 1.93. The number of hydrogen-bond donors (Lipinski definition) is 1. The summed E-state index contributed by atoms with van der Waals surface area (Å²) in [5.41, 5.74) is 5.66. The van der Waals surface area contributed by atoms with E-state index in [2.05, 4.69) is 23.7 Å². The van der Waals surface area contributed by atoms with Crippen LogP contribution in [0.2, 0.25) is 0 Å². The molecule has 1 saturated heterocycles. The molecule has 0 radical (unpaired) electrons. The molecule has 1 aromatic heterocycles. The summed E-state index contributed by atoms with van der Waals surface area (Å²) in [7, 11) is 0. The van der Waals surface area contributed by atoms with Crippen molar-refractivity contribution in [2.24, 2.45) is 11.8 Å². The Hall–Kier alpha value is -1.25. The van der Waals surface area contributed by atoms with Crippen LogP contribution < -0.4 is 10.6 Å². The third-order valence-electron chi connectivity index (χ3n) is 3.07. The van der Waals surface area contributed by atoms with Gasteiger partial charge in [-0.25, -0.2) is 4.98 Å². The van der Waals surface area contributed by atoms with E-state index >= 15 is 0 Å². The molecule has 2 atom stereocenters. The summed E-state index contributed by atoms with van der Waals surface area (Å²) in [5, 5.41) is 0. The second-order valence-electron chi connectivity index (χ2n) is 4.28. The van der Waals surface area contributed by atoms with Gasteiger partial charge in [-0.1, -0.05) is 19.9 Å². The molecule has 1 aromatic rings. The lowest BCUT2D eigenvalue weighted by atomic mass is 10.0. The molecule has 2 N–H and O–H groups in total. The van der Waals surface area contributed by atoms with Crippen LogP contribution in [-0.2, 0) is 0 Å². The molecule has 2 unspecified atom stereocenters. The van der Waals surface area contributed by atoms with Gasteiger partial charge in [0.2, 0.25) is 0 Å². The van der Waals surface area contributed by atoms with E-state index in [-0.39, 0.29) is 0 Å². The van der Waals surface area contributed by atoms with Crippen molar-refractivity contribution in [3.8, 4) is 0 Å². The summed E-state index contributed by atoms with van der Waals surface area (Å²) in [6.07, 6.45) is 0. The molecule has 0 bridgehead atoms. The summed E-state index contributed by atoms with van der Waals surface area (Å²) in [6.45, 7) is 6.77. The fourth-order valence-electron chi connectivity index (χ4n) is 1.93. The molecule has 2 rings (SSSR count). The minimum absolute atomic E-state index is 0.606. The van der Waals surface area contributed by atoms with Crippen LogP contribution in [0.5, 0.6) is 0 Å². The number of pyridine rings is 1. The van der Waals surface area contributed by atoms with Crippen LogP contribution in [0.4, 0.5) is 11.6 Å². The average Bonchev–Trinajstić information content (AvgIpc) is 2.47. The van der Waals surface area contributed by atoms with E-state index in [1.54, 1.807) is 0 Å². The van der Waals surface area contributed by atoms with E-state index in [1.807, 2.05) is 18.2 Å². The zero-order valence-electron chi connectivity index (χ0n) is 8.77. The highest BCUT2D eigenvalue weighted by atomic mass is 15.2. The van der Waals surface area contributed by atoms with Gasteiger partial charge >= 0.3 is 0 Å². The number of nitrogens with zero attached hydrogens (tertiary/aromatic N) is 2. The Morgan fingerprint density at radius 1 is 1.29 bits per heavy atom. The van der Waals surface area contributed by atoms with Gasteiger partial charge in [0.15, 0.2) is 0 Å². The molecule has 0 aromatic carbocycles. The third-order valence-corrected chi connectivity index (χ3v) is 3.07. The maximum atomic E-state index is 5.66. The highest BCUT2D eigenvalue weighted by Gasteiger charge is 2.26. The van der Waals surface area contributed by atoms with Crippen LogP contribution in [-0.4, -0.2) is 18.1 Å². The Kier molecular flexibility index (Phi) is 2.32. The minimum atomic E-state index is 0.606. The third kappa shape index (κ3) is 1.67. The van der Waals surface area contributed by atoms with Crippen molar-refractivity contribution in [2.45, 2.75) is 13.8 Å². The van der Waals surface area contributed by atoms with Crippen molar-refractivity contribution in [3.05, 3.63) is 18.2 Å². The normalized spacial score (nSPS) is 26.9. The van der Waals surface area contributed by atoms with Crippen LogP contribution >= 0.6 is 0 Å². The van der Waals surface area contributed by atoms with Gasteiger partial charge < -0.3 is 10.6 Å². The molecular formula is C11H17N3. The maximum Gasteiger partial charge on any atom is 0.130 e. The molecule has 0 aliphatic carbocycles. The SMILES string of the molecule is CC1CN(c2cccc(N)n2)CC1C. The molecule has 3 nitrogen and oxygen atoms in total.